The van der Waals surface area contributed by atoms with Gasteiger partial charge in [0.2, 0.25) is 0 Å². The number of hydrogen-bond donors (Lipinski definition) is 0. The summed E-state index contributed by atoms with van der Waals surface area (Å²) in [4.78, 5) is 10.4. The summed E-state index contributed by atoms with van der Waals surface area (Å²) < 4.78 is 13.9. The molecule has 0 fully saturated rings. The molecule has 0 unspecified atom stereocenters. The van der Waals surface area contributed by atoms with Crippen molar-refractivity contribution in [3.63, 3.8) is 0 Å². The minimum Gasteiger partial charge on any atom is -0.396 e. The summed E-state index contributed by atoms with van der Waals surface area (Å²) in [6.07, 6.45) is 0. The van der Waals surface area contributed by atoms with Crippen molar-refractivity contribution in [3.8, 4) is 0 Å². The first-order valence-electron chi connectivity index (χ1n) is 3.82. The minimum atomic E-state index is -0.676. The van der Waals surface area contributed by atoms with Gasteiger partial charge in [-0.05, 0) is 6.92 Å². The maximum atomic E-state index is 10.4. The molecule has 0 aliphatic carbocycles. The first kappa shape index (κ1) is 11.0. The Bertz CT molecular complexity index is 258. The molecule has 0 saturated heterocycles. The average molecular weight is 174 g/mol. The summed E-state index contributed by atoms with van der Waals surface area (Å²) in [5, 5.41) is 0. The number of hydrogen-bond acceptors (Lipinski definition) is 4. The van der Waals surface area contributed by atoms with E-state index in [1.807, 2.05) is 13.8 Å². The van der Waals surface area contributed by atoms with Crippen LogP contribution in [-0.4, -0.2) is 7.11 Å². The third-order valence-electron chi connectivity index (χ3n) is 1.11. The van der Waals surface area contributed by atoms with Crippen LogP contribution in [0.2, 0.25) is 0 Å². The van der Waals surface area contributed by atoms with Crippen LogP contribution in [0, 0.1) is 6.92 Å². The highest BCUT2D eigenvalue weighted by molar-refractivity contribution is 4.98. The van der Waals surface area contributed by atoms with Crippen molar-refractivity contribution in [1.82, 2.24) is 0 Å². The zero-order valence-corrected chi connectivity index (χ0v) is 7.84. The zero-order chi connectivity index (χ0) is 9.56. The Morgan fingerprint density at radius 2 is 1.92 bits per heavy atom. The number of rotatable bonds is 2. The van der Waals surface area contributed by atoms with Gasteiger partial charge >= 0.3 is 5.82 Å². The zero-order valence-electron chi connectivity index (χ0n) is 7.84. The Labute approximate surface area is 71.1 Å². The van der Waals surface area contributed by atoms with Crippen LogP contribution in [0.1, 0.15) is 25.4 Å². The molecule has 0 spiro atoms. The Balaban J connectivity index is 0.000000561. The van der Waals surface area contributed by atoms with E-state index in [2.05, 4.69) is 8.83 Å². The second kappa shape index (κ2) is 5.60. The van der Waals surface area contributed by atoms with E-state index >= 15 is 0 Å². The van der Waals surface area contributed by atoms with Crippen LogP contribution in [-0.2, 0) is 11.3 Å². The molecule has 1 aromatic rings. The van der Waals surface area contributed by atoms with Gasteiger partial charge in [0.15, 0.2) is 5.76 Å². The monoisotopic (exact) mass is 174 g/mol. The third kappa shape index (κ3) is 2.92. The maximum Gasteiger partial charge on any atom is 0.519 e. The molecule has 0 N–H and O–H groups in total. The number of aryl methyl sites for hydroxylation is 1. The summed E-state index contributed by atoms with van der Waals surface area (Å²) in [6.45, 7) is 5.93. The topological polar surface area (TPSA) is 52.6 Å². The van der Waals surface area contributed by atoms with E-state index in [1.165, 1.54) is 7.11 Å². The molecule has 0 bridgehead atoms. The molecule has 0 radical (unpaired) electrons. The van der Waals surface area contributed by atoms with Crippen molar-refractivity contribution in [1.29, 1.82) is 0 Å². The molecule has 4 nitrogen and oxygen atoms in total. The van der Waals surface area contributed by atoms with Crippen LogP contribution in [0.3, 0.4) is 0 Å². The Morgan fingerprint density at radius 1 is 1.33 bits per heavy atom. The highest BCUT2D eigenvalue weighted by Crippen LogP contribution is 2.04. The fourth-order valence-corrected chi connectivity index (χ4v) is 0.637. The smallest absolute Gasteiger partial charge is 0.396 e. The SMILES string of the molecule is CC.COCc1oc(=O)oc1C. The molecular weight excluding hydrogens is 160 g/mol. The van der Waals surface area contributed by atoms with Gasteiger partial charge in [0, 0.05) is 7.11 Å². The Kier molecular flexibility index (Phi) is 5.12. The molecular formula is C8H14O4. The largest absolute Gasteiger partial charge is 0.519 e. The van der Waals surface area contributed by atoms with E-state index in [0.29, 0.717) is 11.5 Å². The minimum absolute atomic E-state index is 0.275. The normalized spacial score (nSPS) is 9.00. The molecule has 12 heavy (non-hydrogen) atoms. The molecule has 1 aromatic heterocycles. The van der Waals surface area contributed by atoms with Gasteiger partial charge in [0.25, 0.3) is 0 Å². The van der Waals surface area contributed by atoms with Crippen molar-refractivity contribution < 1.29 is 13.6 Å². The van der Waals surface area contributed by atoms with Crippen LogP contribution in [0.25, 0.3) is 0 Å². The summed E-state index contributed by atoms with van der Waals surface area (Å²) in [6, 6.07) is 0. The van der Waals surface area contributed by atoms with Gasteiger partial charge in [-0.2, -0.15) is 0 Å². The Morgan fingerprint density at radius 3 is 2.25 bits per heavy atom. The van der Waals surface area contributed by atoms with Crippen molar-refractivity contribution in [3.05, 3.63) is 22.1 Å². The van der Waals surface area contributed by atoms with Crippen molar-refractivity contribution in [2.75, 3.05) is 7.11 Å². The highest BCUT2D eigenvalue weighted by Gasteiger charge is 2.05. The van der Waals surface area contributed by atoms with E-state index in [1.54, 1.807) is 6.92 Å². The van der Waals surface area contributed by atoms with Gasteiger partial charge in [-0.1, -0.05) is 13.8 Å². The van der Waals surface area contributed by atoms with Gasteiger partial charge in [-0.15, -0.1) is 0 Å². The second-order valence-electron chi connectivity index (χ2n) is 1.87. The summed E-state index contributed by atoms with van der Waals surface area (Å²) in [7, 11) is 1.52. The molecule has 0 atom stereocenters. The van der Waals surface area contributed by atoms with E-state index in [4.69, 9.17) is 4.74 Å². The molecule has 0 aliphatic heterocycles. The van der Waals surface area contributed by atoms with Crippen LogP contribution < -0.4 is 5.82 Å². The summed E-state index contributed by atoms with van der Waals surface area (Å²) >= 11 is 0. The lowest BCUT2D eigenvalue weighted by atomic mass is 10.4. The average Bonchev–Trinajstić information content (AvgIpc) is 2.35. The maximum absolute atomic E-state index is 10.4. The molecule has 0 aliphatic rings. The summed E-state index contributed by atoms with van der Waals surface area (Å²) in [5.41, 5.74) is 0. The van der Waals surface area contributed by atoms with Gasteiger partial charge in [-0.25, -0.2) is 4.79 Å². The predicted octanol–water partition coefficient (Wildman–Crippen LogP) is 1.71. The van der Waals surface area contributed by atoms with E-state index in [9.17, 15) is 4.79 Å². The standard InChI is InChI=1S/C6H8O4.C2H6/c1-4-5(3-8-2)10-6(7)9-4;1-2/h3H2,1-2H3;1-2H3. The van der Waals surface area contributed by atoms with Crippen LogP contribution in [0.4, 0.5) is 0 Å². The van der Waals surface area contributed by atoms with Gasteiger partial charge in [-0.3, -0.25) is 0 Å². The predicted molar refractivity (Wildman–Crippen MR) is 44.0 cm³/mol. The molecule has 4 heteroatoms. The number of ether oxygens (including phenoxy) is 1. The van der Waals surface area contributed by atoms with Crippen molar-refractivity contribution >= 4 is 0 Å². The van der Waals surface area contributed by atoms with Gasteiger partial charge in [0.1, 0.15) is 12.4 Å². The van der Waals surface area contributed by atoms with Crippen LogP contribution in [0.15, 0.2) is 13.6 Å². The van der Waals surface area contributed by atoms with Gasteiger partial charge < -0.3 is 13.6 Å². The quantitative estimate of drug-likeness (QED) is 0.684. The summed E-state index contributed by atoms with van der Waals surface area (Å²) in [5.74, 6) is 0.254. The van der Waals surface area contributed by atoms with Crippen LogP contribution >= 0.6 is 0 Å². The van der Waals surface area contributed by atoms with E-state index in [-0.39, 0.29) is 6.61 Å². The highest BCUT2D eigenvalue weighted by atomic mass is 16.6. The molecule has 0 aromatic carbocycles. The lowest BCUT2D eigenvalue weighted by Gasteiger charge is -1.89. The lowest BCUT2D eigenvalue weighted by Crippen LogP contribution is -1.88. The molecule has 0 saturated carbocycles. The lowest BCUT2D eigenvalue weighted by molar-refractivity contribution is 0.161. The first-order chi connectivity index (χ1) is 5.74. The second-order valence-corrected chi connectivity index (χ2v) is 1.87. The van der Waals surface area contributed by atoms with E-state index < -0.39 is 5.82 Å². The molecule has 70 valence electrons. The van der Waals surface area contributed by atoms with Crippen LogP contribution in [0.5, 0.6) is 0 Å². The fourth-order valence-electron chi connectivity index (χ4n) is 0.637. The third-order valence-corrected chi connectivity index (χ3v) is 1.11. The fraction of sp³-hybridized carbons (Fsp3) is 0.625. The first-order valence-corrected chi connectivity index (χ1v) is 3.82. The van der Waals surface area contributed by atoms with Crippen molar-refractivity contribution in [2.45, 2.75) is 27.4 Å². The Hall–Kier alpha value is -1.03. The molecule has 0 amide bonds. The molecule has 1 heterocycles. The van der Waals surface area contributed by atoms with Crippen molar-refractivity contribution in [2.24, 2.45) is 0 Å². The molecule has 1 rings (SSSR count). The number of methoxy groups -OCH3 is 1. The van der Waals surface area contributed by atoms with Gasteiger partial charge in [0.05, 0.1) is 0 Å². The van der Waals surface area contributed by atoms with E-state index in [0.717, 1.165) is 0 Å².